The molecule has 86 valence electrons. The lowest BCUT2D eigenvalue weighted by Gasteiger charge is -2.23. The fourth-order valence-electron chi connectivity index (χ4n) is 1.62. The van der Waals surface area contributed by atoms with Gasteiger partial charge in [-0.2, -0.15) is 11.8 Å². The van der Waals surface area contributed by atoms with Crippen LogP contribution in [0.1, 0.15) is 16.9 Å². The number of carbonyl (C=O) groups is 1. The third kappa shape index (κ3) is 2.27. The van der Waals surface area contributed by atoms with Crippen molar-refractivity contribution in [2.45, 2.75) is 12.5 Å². The van der Waals surface area contributed by atoms with E-state index in [0.717, 1.165) is 17.9 Å². The summed E-state index contributed by atoms with van der Waals surface area (Å²) < 4.78 is 0. The molecule has 0 aliphatic carbocycles. The molecular weight excluding hydrogens is 224 g/mol. The number of hydrogen-bond donors (Lipinski definition) is 1. The van der Waals surface area contributed by atoms with E-state index >= 15 is 0 Å². The number of carbonyl (C=O) groups excluding carboxylic acids is 1. The van der Waals surface area contributed by atoms with Gasteiger partial charge in [-0.15, -0.1) is 0 Å². The topological polar surface area (TPSA) is 72.1 Å². The molecule has 0 radical (unpaired) electrons. The lowest BCUT2D eigenvalue weighted by Crippen LogP contribution is -2.37. The Balaban J connectivity index is 2.08. The molecule has 2 heterocycles. The number of anilines is 1. The van der Waals surface area contributed by atoms with Crippen LogP contribution in [-0.4, -0.2) is 45.4 Å². The molecule has 6 heteroatoms. The minimum atomic E-state index is -0.0833. The Kier molecular flexibility index (Phi) is 3.28. The molecule has 0 saturated carbocycles. The fourth-order valence-corrected chi connectivity index (χ4v) is 2.89. The molecule has 1 fully saturated rings. The van der Waals surface area contributed by atoms with Crippen molar-refractivity contribution < 1.29 is 4.79 Å². The Hall–Kier alpha value is -1.30. The third-order valence-corrected chi connectivity index (χ3v) is 3.81. The highest BCUT2D eigenvalue weighted by Gasteiger charge is 2.25. The van der Waals surface area contributed by atoms with Crippen LogP contribution in [-0.2, 0) is 0 Å². The van der Waals surface area contributed by atoms with Gasteiger partial charge in [-0.05, 0) is 12.2 Å². The largest absolute Gasteiger partial charge is 0.382 e. The van der Waals surface area contributed by atoms with Crippen molar-refractivity contribution in [1.29, 1.82) is 0 Å². The van der Waals surface area contributed by atoms with Gasteiger partial charge < -0.3 is 10.6 Å². The van der Waals surface area contributed by atoms with Gasteiger partial charge in [0.2, 0.25) is 0 Å². The first-order valence-corrected chi connectivity index (χ1v) is 6.26. The van der Waals surface area contributed by atoms with Crippen molar-refractivity contribution in [3.63, 3.8) is 0 Å². The van der Waals surface area contributed by atoms with E-state index in [9.17, 15) is 4.79 Å². The minimum absolute atomic E-state index is 0.0833. The normalized spacial score (nSPS) is 19.7. The zero-order chi connectivity index (χ0) is 11.5. The maximum atomic E-state index is 12.0. The number of aromatic nitrogens is 2. The van der Waals surface area contributed by atoms with Gasteiger partial charge in [-0.25, -0.2) is 9.97 Å². The van der Waals surface area contributed by atoms with Crippen molar-refractivity contribution >= 4 is 23.5 Å². The number of hydrogen-bond acceptors (Lipinski definition) is 5. The molecular formula is C10H14N4OS. The zero-order valence-corrected chi connectivity index (χ0v) is 9.91. The van der Waals surface area contributed by atoms with Crippen molar-refractivity contribution in [2.24, 2.45) is 0 Å². The van der Waals surface area contributed by atoms with Crippen LogP contribution >= 0.6 is 11.8 Å². The van der Waals surface area contributed by atoms with Gasteiger partial charge in [0.1, 0.15) is 11.5 Å². The Bertz CT molecular complexity index is 375. The second-order valence-electron chi connectivity index (χ2n) is 3.76. The highest BCUT2D eigenvalue weighted by atomic mass is 32.2. The van der Waals surface area contributed by atoms with Crippen LogP contribution in [0, 0.1) is 0 Å². The van der Waals surface area contributed by atoms with E-state index < -0.39 is 0 Å². The molecule has 2 rings (SSSR count). The summed E-state index contributed by atoms with van der Waals surface area (Å²) in [6.45, 7) is 0. The first-order chi connectivity index (χ1) is 7.68. The average molecular weight is 238 g/mol. The van der Waals surface area contributed by atoms with E-state index in [0.29, 0.717) is 17.6 Å². The molecule has 1 aliphatic rings. The maximum absolute atomic E-state index is 12.0. The van der Waals surface area contributed by atoms with Crippen LogP contribution in [0.2, 0.25) is 0 Å². The predicted octanol–water partition coefficient (Wildman–Crippen LogP) is 0.636. The fraction of sp³-hybridized carbons (Fsp3) is 0.500. The third-order valence-electron chi connectivity index (χ3n) is 2.66. The second kappa shape index (κ2) is 4.69. The number of nitrogens with zero attached hydrogens (tertiary/aromatic N) is 3. The molecule has 1 aliphatic heterocycles. The standard InChI is InChI=1S/C10H14N4OS/c1-14(7-2-3-16-6-7)10(15)8-4-13-9(11)5-12-8/h4-5,7H,2-3,6H2,1H3,(H2,11,13). The summed E-state index contributed by atoms with van der Waals surface area (Å²) in [5, 5.41) is 0. The van der Waals surface area contributed by atoms with Crippen molar-refractivity contribution in [1.82, 2.24) is 14.9 Å². The molecule has 1 aromatic heterocycles. The van der Waals surface area contributed by atoms with Crippen LogP contribution in [0.25, 0.3) is 0 Å². The molecule has 1 unspecified atom stereocenters. The predicted molar refractivity (Wildman–Crippen MR) is 64.3 cm³/mol. The number of nitrogen functional groups attached to an aromatic ring is 1. The first kappa shape index (κ1) is 11.2. The maximum Gasteiger partial charge on any atom is 0.274 e. The highest BCUT2D eigenvalue weighted by Crippen LogP contribution is 2.22. The Morgan fingerprint density at radius 3 is 2.94 bits per heavy atom. The van der Waals surface area contributed by atoms with Gasteiger partial charge in [0.05, 0.1) is 12.4 Å². The molecule has 0 bridgehead atoms. The first-order valence-electron chi connectivity index (χ1n) is 5.11. The Morgan fingerprint density at radius 2 is 2.38 bits per heavy atom. The minimum Gasteiger partial charge on any atom is -0.382 e. The van der Waals surface area contributed by atoms with Crippen LogP contribution < -0.4 is 5.73 Å². The number of thioether (sulfide) groups is 1. The molecule has 0 aromatic carbocycles. The second-order valence-corrected chi connectivity index (χ2v) is 4.91. The molecule has 5 nitrogen and oxygen atoms in total. The Labute approximate surface area is 98.4 Å². The molecule has 1 aromatic rings. The summed E-state index contributed by atoms with van der Waals surface area (Å²) in [5.41, 5.74) is 5.78. The quantitative estimate of drug-likeness (QED) is 0.818. The number of rotatable bonds is 2. The van der Waals surface area contributed by atoms with Crippen molar-refractivity contribution in [2.75, 3.05) is 24.3 Å². The Morgan fingerprint density at radius 1 is 1.56 bits per heavy atom. The SMILES string of the molecule is CN(C(=O)c1cnc(N)cn1)C1CCSC1. The lowest BCUT2D eigenvalue weighted by atomic mass is 10.2. The van der Waals surface area contributed by atoms with E-state index in [2.05, 4.69) is 9.97 Å². The zero-order valence-electron chi connectivity index (χ0n) is 9.09. The summed E-state index contributed by atoms with van der Waals surface area (Å²) in [4.78, 5) is 21.6. The molecule has 1 amide bonds. The van der Waals surface area contributed by atoms with E-state index in [1.807, 2.05) is 18.8 Å². The summed E-state index contributed by atoms with van der Waals surface area (Å²) in [5.74, 6) is 2.37. The van der Waals surface area contributed by atoms with Crippen LogP contribution in [0.15, 0.2) is 12.4 Å². The summed E-state index contributed by atoms with van der Waals surface area (Å²) >= 11 is 1.88. The molecule has 2 N–H and O–H groups in total. The molecule has 1 atom stereocenters. The molecule has 16 heavy (non-hydrogen) atoms. The van der Waals surface area contributed by atoms with Gasteiger partial charge >= 0.3 is 0 Å². The van der Waals surface area contributed by atoms with E-state index in [4.69, 9.17) is 5.73 Å². The van der Waals surface area contributed by atoms with Gasteiger partial charge in [0.15, 0.2) is 0 Å². The van der Waals surface area contributed by atoms with E-state index in [-0.39, 0.29) is 5.91 Å². The van der Waals surface area contributed by atoms with Crippen LogP contribution in [0.5, 0.6) is 0 Å². The highest BCUT2D eigenvalue weighted by molar-refractivity contribution is 7.99. The lowest BCUT2D eigenvalue weighted by molar-refractivity contribution is 0.0741. The van der Waals surface area contributed by atoms with Gasteiger partial charge in [-0.3, -0.25) is 4.79 Å². The van der Waals surface area contributed by atoms with E-state index in [1.165, 1.54) is 12.4 Å². The van der Waals surface area contributed by atoms with E-state index in [1.54, 1.807) is 4.90 Å². The summed E-state index contributed by atoms with van der Waals surface area (Å²) in [6.07, 6.45) is 3.88. The van der Waals surface area contributed by atoms with Crippen molar-refractivity contribution in [3.05, 3.63) is 18.1 Å². The van der Waals surface area contributed by atoms with Gasteiger partial charge in [0.25, 0.3) is 5.91 Å². The molecule has 0 spiro atoms. The summed E-state index contributed by atoms with van der Waals surface area (Å²) in [6, 6.07) is 0.317. The van der Waals surface area contributed by atoms with Gasteiger partial charge in [-0.1, -0.05) is 0 Å². The monoisotopic (exact) mass is 238 g/mol. The smallest absolute Gasteiger partial charge is 0.274 e. The summed E-state index contributed by atoms with van der Waals surface area (Å²) in [7, 11) is 1.82. The van der Waals surface area contributed by atoms with Crippen molar-refractivity contribution in [3.8, 4) is 0 Å². The number of nitrogens with two attached hydrogens (primary N) is 1. The van der Waals surface area contributed by atoms with Crippen LogP contribution in [0.3, 0.4) is 0 Å². The average Bonchev–Trinajstić information content (AvgIpc) is 2.81. The van der Waals surface area contributed by atoms with Gasteiger partial charge in [0, 0.05) is 18.8 Å². The molecule has 1 saturated heterocycles. The number of amides is 1. The van der Waals surface area contributed by atoms with Crippen LogP contribution in [0.4, 0.5) is 5.82 Å².